The Bertz CT molecular complexity index is 433. The fourth-order valence-corrected chi connectivity index (χ4v) is 3.11. The van der Waals surface area contributed by atoms with Gasteiger partial charge in [0.25, 0.3) is 0 Å². The van der Waals surface area contributed by atoms with Crippen LogP contribution in [0.4, 0.5) is 0 Å². The maximum Gasteiger partial charge on any atom is 0.228 e. The number of carbonyl (C=O) groups excluding carboxylic acids is 1. The summed E-state index contributed by atoms with van der Waals surface area (Å²) in [5.41, 5.74) is 1.11. The minimum Gasteiger partial charge on any atom is -0.497 e. The summed E-state index contributed by atoms with van der Waals surface area (Å²) in [4.78, 5) is 12.6. The second-order valence-corrected chi connectivity index (χ2v) is 5.96. The van der Waals surface area contributed by atoms with E-state index in [1.807, 2.05) is 38.1 Å². The van der Waals surface area contributed by atoms with Crippen LogP contribution in [-0.2, 0) is 4.79 Å². The van der Waals surface area contributed by atoms with Crippen LogP contribution < -0.4 is 10.1 Å². The van der Waals surface area contributed by atoms with Crippen LogP contribution in [0.3, 0.4) is 0 Å². The van der Waals surface area contributed by atoms with Crippen molar-refractivity contribution in [3.8, 4) is 5.75 Å². The number of benzene rings is 1. The summed E-state index contributed by atoms with van der Waals surface area (Å²) in [5.74, 6) is 1.45. The standard InChI is InChI=1S/C17H25NO2/c1-12(2)18-17(19)16(13-6-4-5-7-13)14-8-10-15(20-3)11-9-14/h8-13,16H,4-7H2,1-3H3,(H,18,19). The van der Waals surface area contributed by atoms with Crippen molar-refractivity contribution in [1.82, 2.24) is 5.32 Å². The van der Waals surface area contributed by atoms with Gasteiger partial charge in [-0.15, -0.1) is 0 Å². The van der Waals surface area contributed by atoms with Crippen LogP contribution in [0.25, 0.3) is 0 Å². The molecular weight excluding hydrogens is 250 g/mol. The summed E-state index contributed by atoms with van der Waals surface area (Å²) >= 11 is 0. The molecular formula is C17H25NO2. The molecule has 20 heavy (non-hydrogen) atoms. The number of nitrogens with one attached hydrogen (secondary N) is 1. The quantitative estimate of drug-likeness (QED) is 0.893. The minimum atomic E-state index is -0.0224. The van der Waals surface area contributed by atoms with Gasteiger partial charge in [-0.2, -0.15) is 0 Å². The molecule has 3 nitrogen and oxygen atoms in total. The number of hydrogen-bond acceptors (Lipinski definition) is 2. The van der Waals surface area contributed by atoms with Gasteiger partial charge in [0, 0.05) is 6.04 Å². The van der Waals surface area contributed by atoms with E-state index in [-0.39, 0.29) is 17.9 Å². The zero-order valence-electron chi connectivity index (χ0n) is 12.7. The highest BCUT2D eigenvalue weighted by Crippen LogP contribution is 2.38. The van der Waals surface area contributed by atoms with Crippen molar-refractivity contribution in [2.24, 2.45) is 5.92 Å². The Morgan fingerprint density at radius 3 is 2.30 bits per heavy atom. The predicted molar refractivity (Wildman–Crippen MR) is 81.0 cm³/mol. The molecule has 0 aliphatic heterocycles. The van der Waals surface area contributed by atoms with E-state index in [2.05, 4.69) is 5.32 Å². The van der Waals surface area contributed by atoms with E-state index in [1.54, 1.807) is 7.11 Å². The fourth-order valence-electron chi connectivity index (χ4n) is 3.11. The van der Waals surface area contributed by atoms with Crippen LogP contribution in [-0.4, -0.2) is 19.1 Å². The summed E-state index contributed by atoms with van der Waals surface area (Å²) in [6.07, 6.45) is 4.79. The van der Waals surface area contributed by atoms with Gasteiger partial charge in [0.1, 0.15) is 5.75 Å². The monoisotopic (exact) mass is 275 g/mol. The van der Waals surface area contributed by atoms with Crippen LogP contribution in [0, 0.1) is 5.92 Å². The number of hydrogen-bond donors (Lipinski definition) is 1. The average molecular weight is 275 g/mol. The molecule has 1 atom stereocenters. The first-order valence-electron chi connectivity index (χ1n) is 7.56. The Balaban J connectivity index is 2.22. The third-order valence-corrected chi connectivity index (χ3v) is 4.06. The van der Waals surface area contributed by atoms with Gasteiger partial charge in [0.15, 0.2) is 0 Å². The first-order valence-corrected chi connectivity index (χ1v) is 7.56. The van der Waals surface area contributed by atoms with E-state index in [0.717, 1.165) is 24.2 Å². The maximum atomic E-state index is 12.6. The van der Waals surface area contributed by atoms with Crippen LogP contribution >= 0.6 is 0 Å². The number of ether oxygens (including phenoxy) is 1. The van der Waals surface area contributed by atoms with E-state index in [1.165, 1.54) is 12.8 Å². The van der Waals surface area contributed by atoms with Crippen LogP contribution in [0.5, 0.6) is 5.75 Å². The molecule has 3 heteroatoms. The number of carbonyl (C=O) groups is 1. The molecule has 1 saturated carbocycles. The molecule has 0 saturated heterocycles. The number of rotatable bonds is 5. The van der Waals surface area contributed by atoms with E-state index in [4.69, 9.17) is 4.74 Å². The number of methoxy groups -OCH3 is 1. The molecule has 1 aliphatic carbocycles. The molecule has 1 fully saturated rings. The summed E-state index contributed by atoms with van der Waals surface area (Å²) in [7, 11) is 1.66. The summed E-state index contributed by atoms with van der Waals surface area (Å²) in [5, 5.41) is 3.08. The molecule has 1 amide bonds. The lowest BCUT2D eigenvalue weighted by Crippen LogP contribution is -2.37. The van der Waals surface area contributed by atoms with Gasteiger partial charge in [0.2, 0.25) is 5.91 Å². The molecule has 110 valence electrons. The molecule has 1 aromatic carbocycles. The summed E-state index contributed by atoms with van der Waals surface area (Å²) < 4.78 is 5.20. The van der Waals surface area contributed by atoms with Gasteiger partial charge >= 0.3 is 0 Å². The van der Waals surface area contributed by atoms with Gasteiger partial charge in [-0.3, -0.25) is 4.79 Å². The minimum absolute atomic E-state index is 0.0224. The zero-order valence-corrected chi connectivity index (χ0v) is 12.7. The lowest BCUT2D eigenvalue weighted by molar-refractivity contribution is -0.124. The van der Waals surface area contributed by atoms with Crippen LogP contribution in [0.15, 0.2) is 24.3 Å². The third-order valence-electron chi connectivity index (χ3n) is 4.06. The molecule has 0 radical (unpaired) electrons. The van der Waals surface area contributed by atoms with Gasteiger partial charge in [-0.1, -0.05) is 25.0 Å². The first kappa shape index (κ1) is 14.9. The molecule has 2 rings (SSSR count). The normalized spacial score (nSPS) is 17.2. The Hall–Kier alpha value is -1.51. The van der Waals surface area contributed by atoms with E-state index in [9.17, 15) is 4.79 Å². The zero-order chi connectivity index (χ0) is 14.5. The van der Waals surface area contributed by atoms with E-state index >= 15 is 0 Å². The van der Waals surface area contributed by atoms with Crippen molar-refractivity contribution in [3.63, 3.8) is 0 Å². The highest BCUT2D eigenvalue weighted by molar-refractivity contribution is 5.84. The van der Waals surface area contributed by atoms with Crippen molar-refractivity contribution in [2.45, 2.75) is 51.5 Å². The Kier molecular flexibility index (Phi) is 5.05. The highest BCUT2D eigenvalue weighted by Gasteiger charge is 2.32. The largest absolute Gasteiger partial charge is 0.497 e. The highest BCUT2D eigenvalue weighted by atomic mass is 16.5. The Labute approximate surface area is 121 Å². The SMILES string of the molecule is COc1ccc(C(C(=O)NC(C)C)C2CCCC2)cc1. The van der Waals surface area contributed by atoms with Crippen molar-refractivity contribution in [3.05, 3.63) is 29.8 Å². The van der Waals surface area contributed by atoms with Gasteiger partial charge < -0.3 is 10.1 Å². The molecule has 0 spiro atoms. The van der Waals surface area contributed by atoms with Gasteiger partial charge in [-0.25, -0.2) is 0 Å². The van der Waals surface area contributed by atoms with Gasteiger partial charge in [-0.05, 0) is 50.3 Å². The first-order chi connectivity index (χ1) is 9.61. The van der Waals surface area contributed by atoms with Crippen molar-refractivity contribution < 1.29 is 9.53 Å². The summed E-state index contributed by atoms with van der Waals surface area (Å²) in [6, 6.07) is 8.13. The second kappa shape index (κ2) is 6.78. The molecule has 0 bridgehead atoms. The molecule has 0 heterocycles. The maximum absolute atomic E-state index is 12.6. The van der Waals surface area contributed by atoms with E-state index < -0.39 is 0 Å². The topological polar surface area (TPSA) is 38.3 Å². The Morgan fingerprint density at radius 2 is 1.80 bits per heavy atom. The summed E-state index contributed by atoms with van der Waals surface area (Å²) in [6.45, 7) is 4.02. The van der Waals surface area contributed by atoms with Crippen LogP contribution in [0.1, 0.15) is 51.0 Å². The smallest absolute Gasteiger partial charge is 0.228 e. The molecule has 1 aromatic rings. The fraction of sp³-hybridized carbons (Fsp3) is 0.588. The van der Waals surface area contributed by atoms with Crippen molar-refractivity contribution in [1.29, 1.82) is 0 Å². The lowest BCUT2D eigenvalue weighted by atomic mass is 9.84. The second-order valence-electron chi connectivity index (χ2n) is 5.96. The molecule has 1 aliphatic rings. The van der Waals surface area contributed by atoms with Crippen molar-refractivity contribution >= 4 is 5.91 Å². The van der Waals surface area contributed by atoms with E-state index in [0.29, 0.717) is 5.92 Å². The average Bonchev–Trinajstić information content (AvgIpc) is 2.93. The predicted octanol–water partition coefficient (Wildman–Crippen LogP) is 3.49. The lowest BCUT2D eigenvalue weighted by Gasteiger charge is -2.24. The molecule has 1 unspecified atom stereocenters. The van der Waals surface area contributed by atoms with Crippen LogP contribution in [0.2, 0.25) is 0 Å². The number of amides is 1. The molecule has 1 N–H and O–H groups in total. The van der Waals surface area contributed by atoms with Gasteiger partial charge in [0.05, 0.1) is 13.0 Å². The van der Waals surface area contributed by atoms with Crippen molar-refractivity contribution in [2.75, 3.05) is 7.11 Å². The molecule has 0 aromatic heterocycles. The Morgan fingerprint density at radius 1 is 1.20 bits per heavy atom. The third kappa shape index (κ3) is 3.53.